The third-order valence-corrected chi connectivity index (χ3v) is 3.88. The standard InChI is InChI=1S/C15H15ClN4O2S/c1-2-13(21)18-12-7-8-15(20-19-12)23-9-14(22)17-11-5-3-10(16)4-6-11/h3-8H,2,9H2,1H3,(H,17,22)(H,18,19,21). The molecule has 0 spiro atoms. The smallest absolute Gasteiger partial charge is 0.234 e. The first-order valence-electron chi connectivity index (χ1n) is 6.88. The van der Waals surface area contributed by atoms with Crippen LogP contribution in [0.4, 0.5) is 11.5 Å². The number of rotatable bonds is 6. The summed E-state index contributed by atoms with van der Waals surface area (Å²) in [5.41, 5.74) is 0.684. The molecule has 2 aromatic rings. The van der Waals surface area contributed by atoms with Gasteiger partial charge in [0.05, 0.1) is 5.75 Å². The zero-order valence-electron chi connectivity index (χ0n) is 12.4. The van der Waals surface area contributed by atoms with Gasteiger partial charge in [-0.25, -0.2) is 0 Å². The van der Waals surface area contributed by atoms with Crippen molar-refractivity contribution in [2.75, 3.05) is 16.4 Å². The highest BCUT2D eigenvalue weighted by molar-refractivity contribution is 7.99. The van der Waals surface area contributed by atoms with Gasteiger partial charge in [0.1, 0.15) is 5.03 Å². The van der Waals surface area contributed by atoms with Crippen molar-refractivity contribution >= 4 is 46.7 Å². The molecule has 0 saturated heterocycles. The fourth-order valence-electron chi connectivity index (χ4n) is 1.56. The summed E-state index contributed by atoms with van der Waals surface area (Å²) in [7, 11) is 0. The average molecular weight is 351 g/mol. The Morgan fingerprint density at radius 3 is 2.39 bits per heavy atom. The van der Waals surface area contributed by atoms with E-state index in [0.717, 1.165) is 0 Å². The highest BCUT2D eigenvalue weighted by Crippen LogP contribution is 2.17. The fourth-order valence-corrected chi connectivity index (χ4v) is 2.30. The van der Waals surface area contributed by atoms with Crippen LogP contribution in [0.5, 0.6) is 0 Å². The van der Waals surface area contributed by atoms with E-state index in [2.05, 4.69) is 20.8 Å². The van der Waals surface area contributed by atoms with Gasteiger partial charge in [-0.15, -0.1) is 10.2 Å². The number of nitrogens with one attached hydrogen (secondary N) is 2. The maximum absolute atomic E-state index is 11.9. The second-order valence-corrected chi connectivity index (χ2v) is 5.93. The van der Waals surface area contributed by atoms with Crippen LogP contribution in [-0.4, -0.2) is 27.8 Å². The Bertz CT molecular complexity index is 677. The molecular formula is C15H15ClN4O2S. The van der Waals surface area contributed by atoms with Crippen LogP contribution in [0.2, 0.25) is 5.02 Å². The molecule has 0 radical (unpaired) electrons. The summed E-state index contributed by atoms with van der Waals surface area (Å²) in [6.07, 6.45) is 0.378. The van der Waals surface area contributed by atoms with Gasteiger partial charge in [0.2, 0.25) is 11.8 Å². The molecule has 2 amide bonds. The zero-order valence-corrected chi connectivity index (χ0v) is 13.9. The predicted octanol–water partition coefficient (Wildman–Crippen LogP) is 3.21. The molecule has 6 nitrogen and oxygen atoms in total. The number of aromatic nitrogens is 2. The lowest BCUT2D eigenvalue weighted by Crippen LogP contribution is -2.14. The molecule has 23 heavy (non-hydrogen) atoms. The summed E-state index contributed by atoms with van der Waals surface area (Å²) in [5, 5.41) is 14.4. The van der Waals surface area contributed by atoms with Crippen LogP contribution in [0.25, 0.3) is 0 Å². The lowest BCUT2D eigenvalue weighted by molar-refractivity contribution is -0.116. The Morgan fingerprint density at radius 2 is 1.78 bits per heavy atom. The van der Waals surface area contributed by atoms with Gasteiger partial charge in [-0.05, 0) is 36.4 Å². The Labute approximate surface area is 143 Å². The van der Waals surface area contributed by atoms with Gasteiger partial charge in [-0.1, -0.05) is 30.3 Å². The van der Waals surface area contributed by atoms with Gasteiger partial charge in [0.25, 0.3) is 0 Å². The fraction of sp³-hybridized carbons (Fsp3) is 0.200. The lowest BCUT2D eigenvalue weighted by atomic mass is 10.3. The van der Waals surface area contributed by atoms with Crippen LogP contribution in [0.3, 0.4) is 0 Å². The van der Waals surface area contributed by atoms with E-state index in [-0.39, 0.29) is 17.6 Å². The van der Waals surface area contributed by atoms with Gasteiger partial charge in [0.15, 0.2) is 5.82 Å². The molecule has 2 N–H and O–H groups in total. The molecule has 0 aliphatic rings. The van der Waals surface area contributed by atoms with Crippen LogP contribution >= 0.6 is 23.4 Å². The summed E-state index contributed by atoms with van der Waals surface area (Å²) in [6.45, 7) is 1.76. The first kappa shape index (κ1) is 17.2. The predicted molar refractivity (Wildman–Crippen MR) is 91.8 cm³/mol. The van der Waals surface area contributed by atoms with Gasteiger partial charge in [0, 0.05) is 17.1 Å². The van der Waals surface area contributed by atoms with Gasteiger partial charge >= 0.3 is 0 Å². The maximum Gasteiger partial charge on any atom is 0.234 e. The summed E-state index contributed by atoms with van der Waals surface area (Å²) in [4.78, 5) is 23.1. The number of benzene rings is 1. The Kier molecular flexibility index (Phi) is 6.37. The number of hydrogen-bond donors (Lipinski definition) is 2. The SMILES string of the molecule is CCC(=O)Nc1ccc(SCC(=O)Nc2ccc(Cl)cc2)nn1. The Balaban J connectivity index is 1.82. The van der Waals surface area contributed by atoms with E-state index in [4.69, 9.17) is 11.6 Å². The molecule has 2 rings (SSSR count). The van der Waals surface area contributed by atoms with Crippen LogP contribution in [0, 0.1) is 0 Å². The van der Waals surface area contributed by atoms with Gasteiger partial charge < -0.3 is 10.6 Å². The molecule has 0 fully saturated rings. The monoisotopic (exact) mass is 350 g/mol. The van der Waals surface area contributed by atoms with Crippen LogP contribution < -0.4 is 10.6 Å². The number of amides is 2. The van der Waals surface area contributed by atoms with E-state index in [1.807, 2.05) is 0 Å². The number of halogens is 1. The molecule has 8 heteroatoms. The summed E-state index contributed by atoms with van der Waals surface area (Å²) in [5.74, 6) is 0.328. The minimum Gasteiger partial charge on any atom is -0.325 e. The first-order valence-corrected chi connectivity index (χ1v) is 8.25. The zero-order chi connectivity index (χ0) is 16.7. The molecule has 0 bridgehead atoms. The molecule has 0 unspecified atom stereocenters. The molecule has 0 atom stereocenters. The molecule has 1 aromatic carbocycles. The molecular weight excluding hydrogens is 336 g/mol. The summed E-state index contributed by atoms with van der Waals surface area (Å²) < 4.78 is 0. The van der Waals surface area contributed by atoms with E-state index < -0.39 is 0 Å². The van der Waals surface area contributed by atoms with Crippen molar-refractivity contribution in [3.8, 4) is 0 Å². The number of carbonyl (C=O) groups excluding carboxylic acids is 2. The molecule has 0 saturated carbocycles. The number of nitrogens with zero attached hydrogens (tertiary/aromatic N) is 2. The van der Waals surface area contributed by atoms with Crippen LogP contribution in [0.1, 0.15) is 13.3 Å². The van der Waals surface area contributed by atoms with E-state index >= 15 is 0 Å². The number of thioether (sulfide) groups is 1. The largest absolute Gasteiger partial charge is 0.325 e. The minimum atomic E-state index is -0.150. The minimum absolute atomic E-state index is 0.123. The third kappa shape index (κ3) is 5.88. The highest BCUT2D eigenvalue weighted by Gasteiger charge is 2.06. The van der Waals surface area contributed by atoms with Gasteiger partial charge in [-0.3, -0.25) is 9.59 Å². The van der Waals surface area contributed by atoms with E-state index in [1.165, 1.54) is 11.8 Å². The molecule has 0 aliphatic carbocycles. The number of anilines is 2. The number of hydrogen-bond acceptors (Lipinski definition) is 5. The van der Waals surface area contributed by atoms with Crippen molar-refractivity contribution in [2.45, 2.75) is 18.4 Å². The quantitative estimate of drug-likeness (QED) is 0.781. The molecule has 120 valence electrons. The van der Waals surface area contributed by atoms with E-state index in [0.29, 0.717) is 28.0 Å². The molecule has 0 aliphatic heterocycles. The van der Waals surface area contributed by atoms with Crippen molar-refractivity contribution in [3.63, 3.8) is 0 Å². The van der Waals surface area contributed by atoms with Crippen molar-refractivity contribution in [2.24, 2.45) is 0 Å². The second-order valence-electron chi connectivity index (χ2n) is 4.50. The van der Waals surface area contributed by atoms with Crippen molar-refractivity contribution in [1.82, 2.24) is 10.2 Å². The average Bonchev–Trinajstić information content (AvgIpc) is 2.56. The van der Waals surface area contributed by atoms with Gasteiger partial charge in [-0.2, -0.15) is 0 Å². The van der Waals surface area contributed by atoms with E-state index in [1.54, 1.807) is 43.3 Å². The van der Waals surface area contributed by atoms with Crippen molar-refractivity contribution in [1.29, 1.82) is 0 Å². The normalized spacial score (nSPS) is 10.2. The van der Waals surface area contributed by atoms with E-state index in [9.17, 15) is 9.59 Å². The van der Waals surface area contributed by atoms with Crippen molar-refractivity contribution in [3.05, 3.63) is 41.4 Å². The maximum atomic E-state index is 11.9. The topological polar surface area (TPSA) is 84.0 Å². The molecule has 1 heterocycles. The Hall–Kier alpha value is -2.12. The van der Waals surface area contributed by atoms with Crippen molar-refractivity contribution < 1.29 is 9.59 Å². The lowest BCUT2D eigenvalue weighted by Gasteiger charge is -2.05. The number of carbonyl (C=O) groups is 2. The second kappa shape index (κ2) is 8.50. The van der Waals surface area contributed by atoms with Crippen LogP contribution in [-0.2, 0) is 9.59 Å². The third-order valence-electron chi connectivity index (χ3n) is 2.71. The first-order chi connectivity index (χ1) is 11.1. The summed E-state index contributed by atoms with van der Waals surface area (Å²) in [6, 6.07) is 10.2. The van der Waals surface area contributed by atoms with Crippen LogP contribution in [0.15, 0.2) is 41.4 Å². The Morgan fingerprint density at radius 1 is 1.04 bits per heavy atom. The summed E-state index contributed by atoms with van der Waals surface area (Å²) >= 11 is 7.04. The highest BCUT2D eigenvalue weighted by atomic mass is 35.5. The molecule has 1 aromatic heterocycles.